The molecule has 1 aliphatic rings. The number of hydrogen-bond donors (Lipinski definition) is 1. The predicted octanol–water partition coefficient (Wildman–Crippen LogP) is 3.92. The molecule has 1 N–H and O–H groups in total. The van der Waals surface area contributed by atoms with E-state index in [1.807, 2.05) is 22.9 Å². The summed E-state index contributed by atoms with van der Waals surface area (Å²) in [7, 11) is 2.78. The van der Waals surface area contributed by atoms with E-state index in [-0.39, 0.29) is 29.3 Å². The molecule has 0 spiro atoms. The predicted molar refractivity (Wildman–Crippen MR) is 120 cm³/mol. The van der Waals surface area contributed by atoms with Gasteiger partial charge in [-0.1, -0.05) is 12.8 Å². The lowest BCUT2D eigenvalue weighted by Crippen LogP contribution is -2.24. The number of nitrogens with one attached hydrogen (secondary N) is 1. The van der Waals surface area contributed by atoms with Gasteiger partial charge in [0.15, 0.2) is 11.5 Å². The highest BCUT2D eigenvalue weighted by Crippen LogP contribution is 2.35. The molecule has 2 heterocycles. The van der Waals surface area contributed by atoms with Gasteiger partial charge in [0.2, 0.25) is 0 Å². The summed E-state index contributed by atoms with van der Waals surface area (Å²) in [5, 5.41) is 19.0. The summed E-state index contributed by atoms with van der Waals surface area (Å²) >= 11 is 0. The maximum Gasteiger partial charge on any atom is 0.286 e. The first-order chi connectivity index (χ1) is 16.0. The average molecular weight is 451 g/mol. The van der Waals surface area contributed by atoms with Crippen LogP contribution in [0, 0.1) is 10.1 Å². The molecule has 10 nitrogen and oxygen atoms in total. The molecule has 2 aromatic heterocycles. The van der Waals surface area contributed by atoms with Crippen molar-refractivity contribution in [3.05, 3.63) is 64.1 Å². The monoisotopic (exact) mass is 451 g/mol. The highest BCUT2D eigenvalue weighted by molar-refractivity contribution is 5.99. The molecular weight excluding hydrogens is 426 g/mol. The standard InChI is InChI=1S/C23H25N5O5/c1-32-21-12-18(20(28(30)31)13-22(21)33-2)23(29)25-14-16-11-19(15-7-9-24-10-8-15)27(26-16)17-5-3-4-6-17/h7-13,17H,3-6,14H2,1-2H3,(H,25,29). The number of nitrogens with zero attached hydrogens (tertiary/aromatic N) is 4. The number of aromatic nitrogens is 3. The summed E-state index contributed by atoms with van der Waals surface area (Å²) in [5.74, 6) is -0.180. The second-order valence-electron chi connectivity index (χ2n) is 7.80. The molecule has 0 radical (unpaired) electrons. The van der Waals surface area contributed by atoms with Crippen molar-refractivity contribution in [2.45, 2.75) is 38.3 Å². The number of benzene rings is 1. The molecule has 1 aromatic carbocycles. The third-order valence-electron chi connectivity index (χ3n) is 5.81. The van der Waals surface area contributed by atoms with Crippen molar-refractivity contribution in [3.63, 3.8) is 0 Å². The van der Waals surface area contributed by atoms with Crippen molar-refractivity contribution in [1.82, 2.24) is 20.1 Å². The number of ether oxygens (including phenoxy) is 2. The van der Waals surface area contributed by atoms with Crippen LogP contribution in [-0.4, -0.2) is 39.8 Å². The maximum absolute atomic E-state index is 12.9. The Balaban J connectivity index is 1.59. The van der Waals surface area contributed by atoms with Gasteiger partial charge < -0.3 is 14.8 Å². The minimum atomic E-state index is -0.618. The van der Waals surface area contributed by atoms with Crippen LogP contribution in [0.4, 0.5) is 5.69 Å². The molecule has 0 aliphatic heterocycles. The molecule has 172 valence electrons. The Morgan fingerprint density at radius 1 is 1.15 bits per heavy atom. The van der Waals surface area contributed by atoms with Crippen LogP contribution in [0.2, 0.25) is 0 Å². The summed E-state index contributed by atoms with van der Waals surface area (Å²) in [6, 6.07) is 8.60. The summed E-state index contributed by atoms with van der Waals surface area (Å²) in [4.78, 5) is 27.9. The largest absolute Gasteiger partial charge is 0.493 e. The molecule has 1 fully saturated rings. The van der Waals surface area contributed by atoms with Crippen LogP contribution in [0.3, 0.4) is 0 Å². The van der Waals surface area contributed by atoms with Crippen molar-refractivity contribution < 1.29 is 19.2 Å². The minimum absolute atomic E-state index is 0.109. The lowest BCUT2D eigenvalue weighted by molar-refractivity contribution is -0.385. The number of carbonyl (C=O) groups excluding carboxylic acids is 1. The van der Waals surface area contributed by atoms with Gasteiger partial charge in [0, 0.05) is 24.0 Å². The van der Waals surface area contributed by atoms with Gasteiger partial charge in [-0.05, 0) is 31.0 Å². The molecule has 33 heavy (non-hydrogen) atoms. The van der Waals surface area contributed by atoms with Gasteiger partial charge in [0.1, 0.15) is 5.56 Å². The number of methoxy groups -OCH3 is 2. The number of hydrogen-bond acceptors (Lipinski definition) is 7. The zero-order valence-corrected chi connectivity index (χ0v) is 18.5. The third kappa shape index (κ3) is 4.64. The lowest BCUT2D eigenvalue weighted by Gasteiger charge is -2.14. The number of nitro benzene ring substituents is 1. The first-order valence-corrected chi connectivity index (χ1v) is 10.7. The van der Waals surface area contributed by atoms with Crippen molar-refractivity contribution in [2.75, 3.05) is 14.2 Å². The van der Waals surface area contributed by atoms with Crippen LogP contribution in [0.15, 0.2) is 42.7 Å². The fourth-order valence-corrected chi connectivity index (χ4v) is 4.16. The smallest absolute Gasteiger partial charge is 0.286 e. The first-order valence-electron chi connectivity index (χ1n) is 10.7. The minimum Gasteiger partial charge on any atom is -0.493 e. The topological polar surface area (TPSA) is 121 Å². The fourth-order valence-electron chi connectivity index (χ4n) is 4.16. The van der Waals surface area contributed by atoms with Crippen LogP contribution < -0.4 is 14.8 Å². The second kappa shape index (κ2) is 9.68. The van der Waals surface area contributed by atoms with Gasteiger partial charge in [-0.3, -0.25) is 24.6 Å². The van der Waals surface area contributed by atoms with E-state index in [1.165, 1.54) is 26.4 Å². The van der Waals surface area contributed by atoms with Crippen LogP contribution in [-0.2, 0) is 6.54 Å². The normalized spacial score (nSPS) is 13.6. The van der Waals surface area contributed by atoms with Crippen molar-refractivity contribution in [1.29, 1.82) is 0 Å². The second-order valence-corrected chi connectivity index (χ2v) is 7.80. The summed E-state index contributed by atoms with van der Waals surface area (Å²) < 4.78 is 12.4. The van der Waals surface area contributed by atoms with Crippen molar-refractivity contribution in [3.8, 4) is 22.8 Å². The SMILES string of the molecule is COc1cc(C(=O)NCc2cc(-c3ccncc3)n(C3CCCC3)n2)c([N+](=O)[O-])cc1OC. The molecule has 0 saturated heterocycles. The molecule has 1 amide bonds. The number of pyridine rings is 1. The zero-order valence-electron chi connectivity index (χ0n) is 18.5. The number of rotatable bonds is 8. The Morgan fingerprint density at radius 3 is 2.45 bits per heavy atom. The lowest BCUT2D eigenvalue weighted by atomic mass is 10.1. The number of carbonyl (C=O) groups is 1. The Kier molecular flexibility index (Phi) is 6.53. The molecule has 0 bridgehead atoms. The highest BCUT2D eigenvalue weighted by Gasteiger charge is 2.26. The molecular formula is C23H25N5O5. The molecule has 0 atom stereocenters. The molecule has 4 rings (SSSR count). The van der Waals surface area contributed by atoms with E-state index in [9.17, 15) is 14.9 Å². The summed E-state index contributed by atoms with van der Waals surface area (Å²) in [6.07, 6.45) is 7.91. The van der Waals surface area contributed by atoms with Crippen LogP contribution in [0.1, 0.15) is 47.8 Å². The van der Waals surface area contributed by atoms with Crippen molar-refractivity contribution >= 4 is 11.6 Å². The summed E-state index contributed by atoms with van der Waals surface area (Å²) in [6.45, 7) is 0.127. The van der Waals surface area contributed by atoms with E-state index in [0.29, 0.717) is 11.7 Å². The van der Waals surface area contributed by atoms with Gasteiger partial charge in [-0.15, -0.1) is 0 Å². The fraction of sp³-hybridized carbons (Fsp3) is 0.348. The van der Waals surface area contributed by atoms with Crippen LogP contribution in [0.25, 0.3) is 11.3 Å². The third-order valence-corrected chi connectivity index (χ3v) is 5.81. The Labute approximate surface area is 190 Å². The highest BCUT2D eigenvalue weighted by atomic mass is 16.6. The van der Waals surface area contributed by atoms with Gasteiger partial charge in [0.25, 0.3) is 11.6 Å². The molecule has 3 aromatic rings. The van der Waals surface area contributed by atoms with Crippen LogP contribution in [0.5, 0.6) is 11.5 Å². The van der Waals surface area contributed by atoms with E-state index in [2.05, 4.69) is 10.3 Å². The maximum atomic E-state index is 12.9. The zero-order chi connectivity index (χ0) is 23.4. The van der Waals surface area contributed by atoms with Crippen LogP contribution >= 0.6 is 0 Å². The van der Waals surface area contributed by atoms with E-state index in [1.54, 1.807) is 12.4 Å². The molecule has 0 unspecified atom stereocenters. The Bertz CT molecular complexity index is 1160. The number of amides is 1. The summed E-state index contributed by atoms with van der Waals surface area (Å²) in [5.41, 5.74) is 2.16. The molecule has 1 aliphatic carbocycles. The van der Waals surface area contributed by atoms with Gasteiger partial charge in [0.05, 0.1) is 49.2 Å². The Hall–Kier alpha value is -3.95. The van der Waals surface area contributed by atoms with Crippen molar-refractivity contribution in [2.24, 2.45) is 0 Å². The van der Waals surface area contributed by atoms with E-state index >= 15 is 0 Å². The van der Waals surface area contributed by atoms with E-state index in [0.717, 1.165) is 36.9 Å². The quantitative estimate of drug-likeness (QED) is 0.407. The average Bonchev–Trinajstić information content (AvgIpc) is 3.52. The van der Waals surface area contributed by atoms with E-state index < -0.39 is 10.8 Å². The Morgan fingerprint density at radius 2 is 1.82 bits per heavy atom. The number of nitro groups is 1. The van der Waals surface area contributed by atoms with E-state index in [4.69, 9.17) is 14.6 Å². The van der Waals surface area contributed by atoms with Gasteiger partial charge in [-0.25, -0.2) is 0 Å². The molecule has 10 heteroatoms. The first kappa shape index (κ1) is 22.3. The molecule has 1 saturated carbocycles. The van der Waals surface area contributed by atoms with Gasteiger partial charge in [-0.2, -0.15) is 5.10 Å². The van der Waals surface area contributed by atoms with Gasteiger partial charge >= 0.3 is 0 Å².